The zero-order valence-electron chi connectivity index (χ0n) is 22.0. The number of para-hydroxylation sites is 1. The van der Waals surface area contributed by atoms with Gasteiger partial charge in [0.05, 0.1) is 32.1 Å². The van der Waals surface area contributed by atoms with Crippen LogP contribution in [-0.4, -0.2) is 81.1 Å². The van der Waals surface area contributed by atoms with Crippen molar-refractivity contribution in [3.05, 3.63) is 54.5 Å². The second kappa shape index (κ2) is 11.1. The third kappa shape index (κ3) is 5.56. The molecule has 15 heteroatoms. The summed E-state index contributed by atoms with van der Waals surface area (Å²) in [6.07, 6.45) is -0.145. The number of nitrogens with two attached hydrogens (primary N) is 1. The lowest BCUT2D eigenvalue weighted by Gasteiger charge is -2.33. The van der Waals surface area contributed by atoms with Crippen LogP contribution in [0.1, 0.15) is 26.0 Å². The molecule has 2 aromatic heterocycles. The third-order valence-electron chi connectivity index (χ3n) is 6.94. The predicted molar refractivity (Wildman–Crippen MR) is 140 cm³/mol. The molecule has 2 aliphatic rings. The summed E-state index contributed by atoms with van der Waals surface area (Å²) < 4.78 is 43.2. The molecule has 2 aliphatic heterocycles. The highest BCUT2D eigenvalue weighted by atomic mass is 31.2. The van der Waals surface area contributed by atoms with Crippen molar-refractivity contribution in [2.24, 2.45) is 0 Å². The molecule has 5 N–H and O–H groups in total. The minimum Gasteiger partial charge on any atom is -0.459 e. The number of hydrogen-bond acceptors (Lipinski definition) is 12. The van der Waals surface area contributed by atoms with Gasteiger partial charge < -0.3 is 34.7 Å². The number of fused-ring (bicyclic) bond motifs is 1. The van der Waals surface area contributed by atoms with E-state index in [2.05, 4.69) is 15.2 Å². The van der Waals surface area contributed by atoms with Crippen LogP contribution in [0, 0.1) is 0 Å². The van der Waals surface area contributed by atoms with Crippen molar-refractivity contribution >= 4 is 25.1 Å². The van der Waals surface area contributed by atoms with Gasteiger partial charge in [0.15, 0.2) is 11.4 Å². The Morgan fingerprint density at radius 2 is 2.10 bits per heavy atom. The molecule has 2 saturated heterocycles. The number of aliphatic hydroxyl groups excluding tert-OH is 1. The van der Waals surface area contributed by atoms with Crippen LogP contribution in [0.25, 0.3) is 5.52 Å². The number of aromatic nitrogens is 3. The van der Waals surface area contributed by atoms with E-state index in [0.29, 0.717) is 25.2 Å². The van der Waals surface area contributed by atoms with Crippen LogP contribution in [0.15, 0.2) is 48.8 Å². The lowest BCUT2D eigenvalue weighted by molar-refractivity contribution is -0.150. The Balaban J connectivity index is 1.33. The van der Waals surface area contributed by atoms with Crippen LogP contribution in [0.3, 0.4) is 0 Å². The average molecular weight is 578 g/mol. The number of hydrogen-bond donors (Lipinski definition) is 4. The molecule has 0 spiro atoms. The van der Waals surface area contributed by atoms with Crippen molar-refractivity contribution in [2.75, 3.05) is 32.2 Å². The zero-order valence-corrected chi connectivity index (χ0v) is 22.9. The van der Waals surface area contributed by atoms with E-state index in [9.17, 15) is 19.6 Å². The first-order valence-electron chi connectivity index (χ1n) is 12.7. The fraction of sp³-hybridized carbons (Fsp3) is 0.480. The molecule has 0 saturated carbocycles. The van der Waals surface area contributed by atoms with Crippen LogP contribution >= 0.6 is 7.75 Å². The number of nitrogens with zero attached hydrogens (tertiary/aromatic N) is 3. The number of esters is 1. The molecule has 0 bridgehead atoms. The Labute approximate surface area is 229 Å². The molecule has 1 aromatic carbocycles. The van der Waals surface area contributed by atoms with Gasteiger partial charge in [-0.3, -0.25) is 9.32 Å². The molecule has 6 atom stereocenters. The number of rotatable bonds is 10. The van der Waals surface area contributed by atoms with Crippen molar-refractivity contribution in [2.45, 2.75) is 49.7 Å². The van der Waals surface area contributed by atoms with Gasteiger partial charge in [0, 0.05) is 6.42 Å². The van der Waals surface area contributed by atoms with Crippen molar-refractivity contribution in [1.29, 1.82) is 0 Å². The Kier molecular flexibility index (Phi) is 7.86. The highest BCUT2D eigenvalue weighted by Gasteiger charge is 2.58. The van der Waals surface area contributed by atoms with Gasteiger partial charge in [-0.05, 0) is 38.1 Å². The van der Waals surface area contributed by atoms with Crippen LogP contribution in [0.2, 0.25) is 0 Å². The maximum Gasteiger partial charge on any atom is 0.459 e. The molecule has 40 heavy (non-hydrogen) atoms. The van der Waals surface area contributed by atoms with E-state index in [-0.39, 0.29) is 23.9 Å². The van der Waals surface area contributed by atoms with Gasteiger partial charge >= 0.3 is 13.7 Å². The summed E-state index contributed by atoms with van der Waals surface area (Å²) in [6, 6.07) is 10.4. The summed E-state index contributed by atoms with van der Waals surface area (Å²) in [5, 5.41) is 29.6. The molecule has 216 valence electrons. The van der Waals surface area contributed by atoms with Gasteiger partial charge in [0.25, 0.3) is 0 Å². The van der Waals surface area contributed by atoms with Crippen LogP contribution < -0.4 is 15.3 Å². The van der Waals surface area contributed by atoms with Gasteiger partial charge in [-0.1, -0.05) is 18.2 Å². The van der Waals surface area contributed by atoms with E-state index < -0.39 is 49.8 Å². The number of ether oxygens (including phenoxy) is 3. The SMILES string of the molecule is C[C@H](N[P@@](=O)(OC[C@@]1(C)OCC(O)(c2ccc3c(N)ncnn23)[C@@H]1O)Oc1ccccc1)C(=O)O[C@H]1CCOC1. The Morgan fingerprint density at radius 1 is 1.32 bits per heavy atom. The number of benzene rings is 1. The highest BCUT2D eigenvalue weighted by molar-refractivity contribution is 7.52. The summed E-state index contributed by atoms with van der Waals surface area (Å²) in [6.45, 7) is 2.94. The van der Waals surface area contributed by atoms with Gasteiger partial charge in [-0.15, -0.1) is 0 Å². The third-order valence-corrected chi connectivity index (χ3v) is 8.57. The van der Waals surface area contributed by atoms with Gasteiger partial charge in [0.2, 0.25) is 0 Å². The van der Waals surface area contributed by atoms with E-state index in [1.165, 1.54) is 24.7 Å². The molecular formula is C25H32N5O9P. The van der Waals surface area contributed by atoms with Crippen molar-refractivity contribution in [1.82, 2.24) is 19.7 Å². The summed E-state index contributed by atoms with van der Waals surface area (Å²) in [4.78, 5) is 16.6. The number of nitrogen functional groups attached to an aromatic ring is 1. The Hall–Kier alpha value is -3.10. The summed E-state index contributed by atoms with van der Waals surface area (Å²) in [7, 11) is -4.26. The molecule has 1 unspecified atom stereocenters. The standard InChI is InChI=1S/C25H32N5O9P/c1-16(22(31)38-18-10-11-35-12-18)29-40(34,39-17-6-4-3-5-7-17)37-13-24(2)23(32)25(33,14-36-24)20-9-8-19-21(26)27-15-28-30(19)20/h3-9,15-16,18,23,32-33H,10-14H2,1-2H3,(H,29,34)(H2,26,27,28)/t16-,18-,23+,24+,25?,40+/m0/s1. The molecular weight excluding hydrogens is 545 g/mol. The van der Waals surface area contributed by atoms with E-state index in [4.69, 9.17) is 29.0 Å². The number of aliphatic hydroxyl groups is 2. The van der Waals surface area contributed by atoms with E-state index >= 15 is 0 Å². The summed E-state index contributed by atoms with van der Waals surface area (Å²) in [5.41, 5.74) is 3.12. The van der Waals surface area contributed by atoms with Gasteiger partial charge in [-0.2, -0.15) is 10.2 Å². The molecule has 0 radical (unpaired) electrons. The fourth-order valence-electron chi connectivity index (χ4n) is 4.64. The second-order valence-corrected chi connectivity index (χ2v) is 11.7. The maximum absolute atomic E-state index is 13.9. The first-order chi connectivity index (χ1) is 19.0. The van der Waals surface area contributed by atoms with E-state index in [1.807, 2.05) is 0 Å². The topological polar surface area (TPSA) is 189 Å². The largest absolute Gasteiger partial charge is 0.459 e. The molecule has 4 heterocycles. The Bertz CT molecular complexity index is 1400. The fourth-order valence-corrected chi connectivity index (χ4v) is 6.22. The van der Waals surface area contributed by atoms with Crippen LogP contribution in [0.5, 0.6) is 5.75 Å². The number of anilines is 1. The quantitative estimate of drug-likeness (QED) is 0.199. The minimum absolute atomic E-state index is 0.197. The molecule has 3 aromatic rings. The van der Waals surface area contributed by atoms with Crippen LogP contribution in [0.4, 0.5) is 5.82 Å². The molecule has 0 amide bonds. The number of carbonyl (C=O) groups excluding carboxylic acids is 1. The maximum atomic E-state index is 13.9. The molecule has 2 fully saturated rings. The van der Waals surface area contributed by atoms with Gasteiger partial charge in [0.1, 0.15) is 41.4 Å². The minimum atomic E-state index is -4.26. The van der Waals surface area contributed by atoms with Crippen LogP contribution in [-0.2, 0) is 33.7 Å². The predicted octanol–water partition coefficient (Wildman–Crippen LogP) is 1.16. The van der Waals surface area contributed by atoms with E-state index in [1.54, 1.807) is 42.5 Å². The highest BCUT2D eigenvalue weighted by Crippen LogP contribution is 2.48. The lowest BCUT2D eigenvalue weighted by Crippen LogP contribution is -2.50. The second-order valence-electron chi connectivity index (χ2n) is 10.0. The monoisotopic (exact) mass is 577 g/mol. The van der Waals surface area contributed by atoms with Crippen molar-refractivity contribution in [3.63, 3.8) is 0 Å². The first-order valence-corrected chi connectivity index (χ1v) is 14.3. The molecule has 14 nitrogen and oxygen atoms in total. The molecule has 5 rings (SSSR count). The number of carbonyl (C=O) groups is 1. The smallest absolute Gasteiger partial charge is 0.459 e. The van der Waals surface area contributed by atoms with Crippen molar-refractivity contribution in [3.8, 4) is 5.75 Å². The first kappa shape index (κ1) is 28.4. The van der Waals surface area contributed by atoms with Gasteiger partial charge in [-0.25, -0.2) is 14.1 Å². The summed E-state index contributed by atoms with van der Waals surface area (Å²) in [5.74, 6) is -0.243. The van der Waals surface area contributed by atoms with E-state index in [0.717, 1.165) is 0 Å². The lowest BCUT2D eigenvalue weighted by atomic mass is 9.86. The average Bonchev–Trinajstić information content (AvgIpc) is 3.66. The normalized spacial score (nSPS) is 28.8. The summed E-state index contributed by atoms with van der Waals surface area (Å²) >= 11 is 0. The Morgan fingerprint density at radius 3 is 2.83 bits per heavy atom. The number of nitrogens with one attached hydrogen (secondary N) is 1. The van der Waals surface area contributed by atoms with Crippen molar-refractivity contribution < 1.29 is 42.8 Å². The molecule has 0 aliphatic carbocycles. The zero-order chi connectivity index (χ0) is 28.5.